The summed E-state index contributed by atoms with van der Waals surface area (Å²) in [5.41, 5.74) is 1.02. The van der Waals surface area contributed by atoms with Crippen LogP contribution in [-0.4, -0.2) is 57.9 Å². The predicted molar refractivity (Wildman–Crippen MR) is 86.6 cm³/mol. The van der Waals surface area contributed by atoms with Gasteiger partial charge in [-0.3, -0.25) is 0 Å². The Labute approximate surface area is 136 Å². The van der Waals surface area contributed by atoms with Gasteiger partial charge < -0.3 is 24.4 Å². The number of halogens is 1. The minimum absolute atomic E-state index is 0.585. The zero-order valence-electron chi connectivity index (χ0n) is 13.0. The van der Waals surface area contributed by atoms with Gasteiger partial charge in [0.2, 0.25) is 0 Å². The molecule has 6 heteroatoms. The Kier molecular flexibility index (Phi) is 5.28. The van der Waals surface area contributed by atoms with Crippen LogP contribution in [0.3, 0.4) is 0 Å². The summed E-state index contributed by atoms with van der Waals surface area (Å²) < 4.78 is 17.2. The Bertz CT molecular complexity index is 519. The van der Waals surface area contributed by atoms with Crippen molar-refractivity contribution in [1.29, 1.82) is 0 Å². The summed E-state index contributed by atoms with van der Waals surface area (Å²) in [7, 11) is 1.65. The molecule has 0 atom stereocenters. The lowest BCUT2D eigenvalue weighted by Crippen LogP contribution is -2.44. The van der Waals surface area contributed by atoms with Crippen LogP contribution in [0.15, 0.2) is 6.07 Å². The maximum atomic E-state index is 6.36. The van der Waals surface area contributed by atoms with E-state index in [9.17, 15) is 0 Å². The average molecular weight is 327 g/mol. The zero-order valence-corrected chi connectivity index (χ0v) is 13.7. The predicted octanol–water partition coefficient (Wildman–Crippen LogP) is 1.96. The normalized spacial score (nSPS) is 18.8. The second-order valence-electron chi connectivity index (χ2n) is 5.59. The van der Waals surface area contributed by atoms with Crippen molar-refractivity contribution in [3.05, 3.63) is 16.7 Å². The van der Waals surface area contributed by atoms with Gasteiger partial charge in [-0.05, 0) is 6.42 Å². The molecule has 0 aliphatic carbocycles. The number of hydrogen-bond acceptors (Lipinski definition) is 5. The first-order valence-corrected chi connectivity index (χ1v) is 8.25. The van der Waals surface area contributed by atoms with Crippen molar-refractivity contribution in [3.8, 4) is 17.2 Å². The zero-order chi connectivity index (χ0) is 15.4. The Hall–Kier alpha value is -1.17. The highest BCUT2D eigenvalue weighted by Gasteiger charge is 2.23. The van der Waals surface area contributed by atoms with Gasteiger partial charge in [-0.2, -0.15) is 0 Å². The van der Waals surface area contributed by atoms with Gasteiger partial charge in [0, 0.05) is 50.8 Å². The van der Waals surface area contributed by atoms with Crippen LogP contribution in [0.25, 0.3) is 0 Å². The topological polar surface area (TPSA) is 43.0 Å². The van der Waals surface area contributed by atoms with E-state index in [-0.39, 0.29) is 0 Å². The van der Waals surface area contributed by atoms with Crippen LogP contribution in [0.2, 0.25) is 5.02 Å². The molecule has 0 amide bonds. The third kappa shape index (κ3) is 3.42. The first kappa shape index (κ1) is 15.7. The van der Waals surface area contributed by atoms with E-state index >= 15 is 0 Å². The van der Waals surface area contributed by atoms with E-state index in [2.05, 4.69) is 10.2 Å². The van der Waals surface area contributed by atoms with Crippen molar-refractivity contribution in [1.82, 2.24) is 10.2 Å². The first-order chi connectivity index (χ1) is 10.8. The molecular weight excluding hydrogens is 304 g/mol. The third-order valence-electron chi connectivity index (χ3n) is 4.13. The molecule has 0 unspecified atom stereocenters. The Morgan fingerprint density at radius 1 is 1.27 bits per heavy atom. The molecule has 1 saturated heterocycles. The van der Waals surface area contributed by atoms with Crippen molar-refractivity contribution in [2.24, 2.45) is 0 Å². The number of hydrogen-bond donors (Lipinski definition) is 1. The summed E-state index contributed by atoms with van der Waals surface area (Å²) in [4.78, 5) is 2.45. The maximum Gasteiger partial charge on any atom is 0.168 e. The largest absolute Gasteiger partial charge is 0.495 e. The van der Waals surface area contributed by atoms with Gasteiger partial charge >= 0.3 is 0 Å². The van der Waals surface area contributed by atoms with Gasteiger partial charge in [0.1, 0.15) is 5.75 Å². The molecule has 3 rings (SSSR count). The second-order valence-corrected chi connectivity index (χ2v) is 6.00. The molecule has 2 aliphatic rings. The highest BCUT2D eigenvalue weighted by atomic mass is 35.5. The average Bonchev–Trinajstić information content (AvgIpc) is 2.78. The van der Waals surface area contributed by atoms with Crippen LogP contribution < -0.4 is 19.5 Å². The van der Waals surface area contributed by atoms with E-state index in [0.717, 1.165) is 62.6 Å². The summed E-state index contributed by atoms with van der Waals surface area (Å²) in [5, 5.41) is 3.96. The molecule has 0 saturated carbocycles. The fourth-order valence-corrected chi connectivity index (χ4v) is 3.27. The van der Waals surface area contributed by atoms with Gasteiger partial charge in [-0.25, -0.2) is 0 Å². The van der Waals surface area contributed by atoms with Crippen LogP contribution >= 0.6 is 11.6 Å². The summed E-state index contributed by atoms with van der Waals surface area (Å²) in [6, 6.07) is 1.80. The fourth-order valence-electron chi connectivity index (χ4n) is 2.98. The van der Waals surface area contributed by atoms with E-state index in [1.54, 1.807) is 13.2 Å². The maximum absolute atomic E-state index is 6.36. The number of benzene rings is 1. The van der Waals surface area contributed by atoms with Crippen molar-refractivity contribution < 1.29 is 14.2 Å². The molecule has 2 heterocycles. The molecule has 1 aromatic carbocycles. The third-order valence-corrected chi connectivity index (χ3v) is 4.41. The minimum Gasteiger partial charge on any atom is -0.495 e. The molecule has 2 aliphatic heterocycles. The number of ether oxygens (including phenoxy) is 3. The summed E-state index contributed by atoms with van der Waals surface area (Å²) >= 11 is 6.36. The Balaban J connectivity index is 1.84. The Morgan fingerprint density at radius 2 is 2.05 bits per heavy atom. The van der Waals surface area contributed by atoms with Gasteiger partial charge in [0.05, 0.1) is 25.3 Å². The lowest BCUT2D eigenvalue weighted by molar-refractivity contribution is 0.241. The monoisotopic (exact) mass is 326 g/mol. The van der Waals surface area contributed by atoms with Crippen molar-refractivity contribution >= 4 is 11.6 Å². The van der Waals surface area contributed by atoms with Crippen molar-refractivity contribution in [2.75, 3.05) is 53.0 Å². The van der Waals surface area contributed by atoms with Crippen molar-refractivity contribution in [3.63, 3.8) is 0 Å². The Morgan fingerprint density at radius 3 is 2.82 bits per heavy atom. The lowest BCUT2D eigenvalue weighted by atomic mass is 10.1. The quantitative estimate of drug-likeness (QED) is 0.916. The molecule has 0 radical (unpaired) electrons. The van der Waals surface area contributed by atoms with Gasteiger partial charge in [0.15, 0.2) is 11.5 Å². The van der Waals surface area contributed by atoms with E-state index < -0.39 is 0 Å². The van der Waals surface area contributed by atoms with Crippen LogP contribution in [0, 0.1) is 0 Å². The first-order valence-electron chi connectivity index (χ1n) is 7.87. The highest BCUT2D eigenvalue weighted by molar-refractivity contribution is 6.32. The van der Waals surface area contributed by atoms with Crippen LogP contribution in [0.1, 0.15) is 12.0 Å². The molecule has 5 nitrogen and oxygen atoms in total. The van der Waals surface area contributed by atoms with Gasteiger partial charge in [0.25, 0.3) is 0 Å². The van der Waals surface area contributed by atoms with Gasteiger partial charge in [-0.1, -0.05) is 11.6 Å². The van der Waals surface area contributed by atoms with Crippen LogP contribution in [0.4, 0.5) is 0 Å². The lowest BCUT2D eigenvalue weighted by Gasteiger charge is -2.27. The summed E-state index contributed by atoms with van der Waals surface area (Å²) in [6.07, 6.45) is 1.72. The summed E-state index contributed by atoms with van der Waals surface area (Å²) in [5.74, 6) is 2.24. The number of methoxy groups -OCH3 is 1. The molecule has 122 valence electrons. The highest BCUT2D eigenvalue weighted by Crippen LogP contribution is 2.44. The number of nitrogens with one attached hydrogen (secondary N) is 1. The number of nitrogens with zero attached hydrogens (tertiary/aromatic N) is 1. The van der Waals surface area contributed by atoms with E-state index in [1.165, 1.54) is 0 Å². The second kappa shape index (κ2) is 7.40. The van der Waals surface area contributed by atoms with Gasteiger partial charge in [-0.15, -0.1) is 0 Å². The molecule has 1 aromatic rings. The number of piperazine rings is 1. The van der Waals surface area contributed by atoms with E-state index in [0.29, 0.717) is 24.0 Å². The molecular formula is C16H23ClN2O3. The van der Waals surface area contributed by atoms with E-state index in [1.807, 2.05) is 0 Å². The van der Waals surface area contributed by atoms with Crippen LogP contribution in [-0.2, 0) is 6.42 Å². The minimum atomic E-state index is 0.585. The number of fused-ring (bicyclic) bond motifs is 1. The number of rotatable bonds is 4. The molecule has 1 fully saturated rings. The van der Waals surface area contributed by atoms with Crippen LogP contribution in [0.5, 0.6) is 17.2 Å². The SMILES string of the molecule is COc1c(Cl)cc2c(c1CCN1CCNCC1)OCCCO2. The molecule has 0 aromatic heterocycles. The smallest absolute Gasteiger partial charge is 0.168 e. The van der Waals surface area contributed by atoms with E-state index in [4.69, 9.17) is 25.8 Å². The van der Waals surface area contributed by atoms with Crippen molar-refractivity contribution in [2.45, 2.75) is 12.8 Å². The molecule has 0 spiro atoms. The molecule has 0 bridgehead atoms. The molecule has 1 N–H and O–H groups in total. The fraction of sp³-hybridized carbons (Fsp3) is 0.625. The molecule has 22 heavy (non-hydrogen) atoms. The standard InChI is InChI=1S/C16H23ClN2O3/c1-20-15-12(3-6-19-7-4-18-5-8-19)16-14(11-13(15)17)21-9-2-10-22-16/h11,18H,2-10H2,1H3. The summed E-state index contributed by atoms with van der Waals surface area (Å²) in [6.45, 7) is 6.53.